The van der Waals surface area contributed by atoms with Crippen molar-refractivity contribution in [3.8, 4) is 0 Å². The summed E-state index contributed by atoms with van der Waals surface area (Å²) in [5, 5.41) is 3.19. The molecule has 4 aliphatic carbocycles. The third-order valence-corrected chi connectivity index (χ3v) is 7.26. The molecular formula is C23H33N3O2. The molecule has 152 valence electrons. The Morgan fingerprint density at radius 2 is 1.79 bits per heavy atom. The number of rotatable bonds is 6. The molecule has 5 rings (SSSR count). The lowest BCUT2D eigenvalue weighted by Crippen LogP contribution is -2.58. The fraction of sp³-hybridized carbons (Fsp3) is 0.696. The number of hydrogen-bond acceptors (Lipinski definition) is 3. The zero-order valence-electron chi connectivity index (χ0n) is 17.4. The van der Waals surface area contributed by atoms with Crippen molar-refractivity contribution in [3.63, 3.8) is 0 Å². The van der Waals surface area contributed by atoms with Gasteiger partial charge in [-0.15, -0.1) is 0 Å². The standard InChI is InChI=1S/C23H33N3O2/c1-15(2)20(21(27)26(3)14-16-5-4-6-24-13-16)25-22(28)23-10-17-7-18(11-23)9-19(8-17)12-23/h4-6,13,15,17-20H,7-12,14H2,1-3H3,(H,25,28). The van der Waals surface area contributed by atoms with E-state index in [-0.39, 0.29) is 23.1 Å². The molecule has 5 nitrogen and oxygen atoms in total. The number of nitrogens with zero attached hydrogens (tertiary/aromatic N) is 2. The Balaban J connectivity index is 1.44. The van der Waals surface area contributed by atoms with E-state index in [1.165, 1.54) is 19.3 Å². The molecule has 0 aromatic carbocycles. The number of amides is 2. The van der Waals surface area contributed by atoms with E-state index in [4.69, 9.17) is 0 Å². The first-order valence-corrected chi connectivity index (χ1v) is 10.8. The number of nitrogens with one attached hydrogen (secondary N) is 1. The fourth-order valence-electron chi connectivity index (χ4n) is 6.28. The second-order valence-corrected chi connectivity index (χ2v) is 9.95. The minimum atomic E-state index is -0.470. The summed E-state index contributed by atoms with van der Waals surface area (Å²) in [7, 11) is 1.81. The van der Waals surface area contributed by atoms with E-state index in [9.17, 15) is 9.59 Å². The lowest BCUT2D eigenvalue weighted by atomic mass is 9.49. The van der Waals surface area contributed by atoms with Gasteiger partial charge in [0.2, 0.25) is 11.8 Å². The third-order valence-electron chi connectivity index (χ3n) is 7.26. The Morgan fingerprint density at radius 3 is 2.29 bits per heavy atom. The van der Waals surface area contributed by atoms with E-state index >= 15 is 0 Å². The quantitative estimate of drug-likeness (QED) is 0.819. The molecule has 1 N–H and O–H groups in total. The van der Waals surface area contributed by atoms with Gasteiger partial charge in [-0.1, -0.05) is 19.9 Å². The highest BCUT2D eigenvalue weighted by molar-refractivity contribution is 5.90. The van der Waals surface area contributed by atoms with Crippen molar-refractivity contribution in [1.82, 2.24) is 15.2 Å². The van der Waals surface area contributed by atoms with Gasteiger partial charge in [0.15, 0.2) is 0 Å². The third kappa shape index (κ3) is 3.68. The minimum absolute atomic E-state index is 0.0167. The first-order valence-electron chi connectivity index (χ1n) is 10.8. The Morgan fingerprint density at radius 1 is 1.18 bits per heavy atom. The summed E-state index contributed by atoms with van der Waals surface area (Å²) in [5.74, 6) is 2.34. The summed E-state index contributed by atoms with van der Waals surface area (Å²) in [5.41, 5.74) is 0.776. The molecule has 0 spiro atoms. The summed E-state index contributed by atoms with van der Waals surface area (Å²) in [4.78, 5) is 32.4. The minimum Gasteiger partial charge on any atom is -0.344 e. The van der Waals surface area contributed by atoms with E-state index in [2.05, 4.69) is 10.3 Å². The number of pyridine rings is 1. The van der Waals surface area contributed by atoms with Gasteiger partial charge in [0, 0.05) is 31.4 Å². The van der Waals surface area contributed by atoms with Crippen LogP contribution >= 0.6 is 0 Å². The Hall–Kier alpha value is -1.91. The molecule has 2 amide bonds. The molecule has 4 fully saturated rings. The van der Waals surface area contributed by atoms with Crippen LogP contribution in [0, 0.1) is 29.1 Å². The molecule has 1 aromatic rings. The topological polar surface area (TPSA) is 62.3 Å². The summed E-state index contributed by atoms with van der Waals surface area (Å²) in [6.45, 7) is 4.53. The average molecular weight is 384 g/mol. The Bertz CT molecular complexity index is 695. The molecule has 4 saturated carbocycles. The van der Waals surface area contributed by atoms with Gasteiger partial charge >= 0.3 is 0 Å². The van der Waals surface area contributed by atoms with Crippen molar-refractivity contribution < 1.29 is 9.59 Å². The van der Waals surface area contributed by atoms with Crippen molar-refractivity contribution in [1.29, 1.82) is 0 Å². The van der Waals surface area contributed by atoms with E-state index < -0.39 is 6.04 Å². The van der Waals surface area contributed by atoms with Crippen LogP contribution in [0.3, 0.4) is 0 Å². The second kappa shape index (κ2) is 7.49. The predicted molar refractivity (Wildman–Crippen MR) is 108 cm³/mol. The Labute approximate surface area is 168 Å². The van der Waals surface area contributed by atoms with Gasteiger partial charge in [0.25, 0.3) is 0 Å². The van der Waals surface area contributed by atoms with E-state index in [1.807, 2.05) is 33.0 Å². The molecule has 1 atom stereocenters. The molecule has 0 saturated heterocycles. The average Bonchev–Trinajstić information content (AvgIpc) is 2.64. The first kappa shape index (κ1) is 19.4. The number of carbonyl (C=O) groups is 2. The van der Waals surface area contributed by atoms with Crippen molar-refractivity contribution >= 4 is 11.8 Å². The van der Waals surface area contributed by atoms with E-state index in [1.54, 1.807) is 17.3 Å². The summed E-state index contributed by atoms with van der Waals surface area (Å²) >= 11 is 0. The van der Waals surface area contributed by atoms with Crippen LogP contribution in [-0.2, 0) is 16.1 Å². The van der Waals surface area contributed by atoms with Gasteiger partial charge in [-0.2, -0.15) is 0 Å². The molecule has 4 aliphatic rings. The van der Waals surface area contributed by atoms with Crippen LogP contribution in [0.4, 0.5) is 0 Å². The van der Waals surface area contributed by atoms with Crippen LogP contribution in [0.1, 0.15) is 57.9 Å². The highest BCUT2D eigenvalue weighted by Gasteiger charge is 2.55. The van der Waals surface area contributed by atoms with Crippen LogP contribution in [-0.4, -0.2) is 34.8 Å². The molecule has 1 heterocycles. The highest BCUT2D eigenvalue weighted by atomic mass is 16.2. The molecule has 1 unspecified atom stereocenters. The molecule has 0 radical (unpaired) electrons. The zero-order valence-corrected chi connectivity index (χ0v) is 17.4. The molecule has 0 aliphatic heterocycles. The van der Waals surface area contributed by atoms with Crippen LogP contribution in [0.5, 0.6) is 0 Å². The van der Waals surface area contributed by atoms with Crippen LogP contribution < -0.4 is 5.32 Å². The van der Waals surface area contributed by atoms with Crippen LogP contribution in [0.25, 0.3) is 0 Å². The van der Waals surface area contributed by atoms with Gasteiger partial charge in [0.1, 0.15) is 6.04 Å². The van der Waals surface area contributed by atoms with E-state index in [0.717, 1.165) is 42.6 Å². The predicted octanol–water partition coefficient (Wildman–Crippen LogP) is 3.40. The van der Waals surface area contributed by atoms with Gasteiger partial charge in [0.05, 0.1) is 0 Å². The molecule has 1 aromatic heterocycles. The molecule has 28 heavy (non-hydrogen) atoms. The molecule has 5 heteroatoms. The smallest absolute Gasteiger partial charge is 0.245 e. The van der Waals surface area contributed by atoms with Crippen molar-refractivity contribution in [3.05, 3.63) is 30.1 Å². The van der Waals surface area contributed by atoms with Crippen LogP contribution in [0.2, 0.25) is 0 Å². The summed E-state index contributed by atoms with van der Waals surface area (Å²) in [6.07, 6.45) is 10.5. The maximum Gasteiger partial charge on any atom is 0.245 e. The zero-order chi connectivity index (χ0) is 19.9. The molecule has 4 bridgehead atoms. The van der Waals surface area contributed by atoms with Crippen molar-refractivity contribution in [2.75, 3.05) is 7.05 Å². The number of hydrogen-bond donors (Lipinski definition) is 1. The fourth-order valence-corrected chi connectivity index (χ4v) is 6.28. The van der Waals surface area contributed by atoms with Crippen molar-refractivity contribution in [2.24, 2.45) is 29.1 Å². The number of carbonyl (C=O) groups excluding carboxylic acids is 2. The normalized spacial score (nSPS) is 31.6. The lowest BCUT2D eigenvalue weighted by molar-refractivity contribution is -0.150. The Kier molecular flexibility index (Phi) is 5.19. The van der Waals surface area contributed by atoms with Crippen molar-refractivity contribution in [2.45, 2.75) is 65.0 Å². The number of aromatic nitrogens is 1. The maximum absolute atomic E-state index is 13.4. The summed E-state index contributed by atoms with van der Waals surface area (Å²) < 4.78 is 0. The highest BCUT2D eigenvalue weighted by Crippen LogP contribution is 2.60. The maximum atomic E-state index is 13.4. The van der Waals surface area contributed by atoms with Gasteiger partial charge in [-0.25, -0.2) is 0 Å². The largest absolute Gasteiger partial charge is 0.344 e. The molecular weight excluding hydrogens is 350 g/mol. The number of likely N-dealkylation sites (N-methyl/N-ethyl adjacent to an activating group) is 1. The second-order valence-electron chi connectivity index (χ2n) is 9.95. The van der Waals surface area contributed by atoms with Gasteiger partial charge < -0.3 is 10.2 Å². The van der Waals surface area contributed by atoms with Gasteiger partial charge in [-0.3, -0.25) is 14.6 Å². The SMILES string of the molecule is CC(C)C(NC(=O)C12CC3CC(CC(C3)C1)C2)C(=O)N(C)Cc1cccnc1. The van der Waals surface area contributed by atoms with Crippen LogP contribution in [0.15, 0.2) is 24.5 Å². The van der Waals surface area contributed by atoms with E-state index in [0.29, 0.717) is 6.54 Å². The first-order chi connectivity index (χ1) is 13.4. The lowest BCUT2D eigenvalue weighted by Gasteiger charge is -2.56. The monoisotopic (exact) mass is 383 g/mol. The van der Waals surface area contributed by atoms with Gasteiger partial charge in [-0.05, 0) is 73.8 Å². The summed E-state index contributed by atoms with van der Waals surface area (Å²) in [6, 6.07) is 3.37.